The van der Waals surface area contributed by atoms with E-state index in [0.29, 0.717) is 11.2 Å². The predicted molar refractivity (Wildman–Crippen MR) is 91.9 cm³/mol. The smallest absolute Gasteiger partial charge is 0.154 e. The highest BCUT2D eigenvalue weighted by Gasteiger charge is 2.23. The van der Waals surface area contributed by atoms with Crippen molar-refractivity contribution in [1.82, 2.24) is 20.0 Å². The largest absolute Gasteiger partial charge is 0.392 e. The van der Waals surface area contributed by atoms with Gasteiger partial charge in [-0.1, -0.05) is 11.6 Å². The monoisotopic (exact) mass is 339 g/mol. The van der Waals surface area contributed by atoms with Crippen molar-refractivity contribution in [3.05, 3.63) is 16.8 Å². The van der Waals surface area contributed by atoms with Crippen molar-refractivity contribution in [1.29, 1.82) is 0 Å². The Morgan fingerprint density at radius 3 is 2.70 bits per heavy atom. The fourth-order valence-electron chi connectivity index (χ4n) is 3.42. The van der Waals surface area contributed by atoms with Gasteiger partial charge in [0.15, 0.2) is 5.15 Å². The molecule has 0 radical (unpaired) electrons. The molecule has 2 N–H and O–H groups in total. The number of hydrogen-bond acceptors (Lipinski definition) is 6. The molecule has 128 valence electrons. The van der Waals surface area contributed by atoms with Crippen LogP contribution in [0.15, 0.2) is 6.07 Å². The number of aliphatic hydroxyl groups excluding tert-OH is 1. The first-order valence-electron chi connectivity index (χ1n) is 8.49. The summed E-state index contributed by atoms with van der Waals surface area (Å²) in [6, 6.07) is 2.36. The molecule has 1 aromatic rings. The van der Waals surface area contributed by atoms with Crippen molar-refractivity contribution in [2.24, 2.45) is 0 Å². The Morgan fingerprint density at radius 1 is 1.22 bits per heavy atom. The fraction of sp³-hybridized carbons (Fsp3) is 0.750. The molecule has 6 nitrogen and oxygen atoms in total. The van der Waals surface area contributed by atoms with Crippen LogP contribution in [0, 0.1) is 6.92 Å². The van der Waals surface area contributed by atoms with Crippen molar-refractivity contribution in [3.8, 4) is 0 Å². The Bertz CT molecular complexity index is 529. The van der Waals surface area contributed by atoms with Crippen LogP contribution in [0.5, 0.6) is 0 Å². The van der Waals surface area contributed by atoms with Crippen LogP contribution in [-0.2, 0) is 0 Å². The average Bonchev–Trinajstić information content (AvgIpc) is 2.95. The summed E-state index contributed by atoms with van der Waals surface area (Å²) in [7, 11) is 0. The van der Waals surface area contributed by atoms with Crippen LogP contribution >= 0.6 is 11.6 Å². The van der Waals surface area contributed by atoms with E-state index in [-0.39, 0.29) is 6.10 Å². The summed E-state index contributed by atoms with van der Waals surface area (Å²) in [6.45, 7) is 8.09. The number of aliphatic hydroxyl groups is 1. The fourth-order valence-corrected chi connectivity index (χ4v) is 3.52. The molecule has 7 heteroatoms. The highest BCUT2D eigenvalue weighted by atomic mass is 35.5. The molecule has 0 aromatic carbocycles. The Hall–Kier alpha value is -0.950. The van der Waals surface area contributed by atoms with Gasteiger partial charge in [-0.05, 0) is 44.4 Å². The van der Waals surface area contributed by atoms with Gasteiger partial charge in [0.05, 0.1) is 6.10 Å². The maximum Gasteiger partial charge on any atom is 0.154 e. The third-order valence-electron chi connectivity index (χ3n) is 4.76. The maximum absolute atomic E-state index is 9.60. The Balaban J connectivity index is 1.46. The molecule has 2 atom stereocenters. The summed E-state index contributed by atoms with van der Waals surface area (Å²) in [4.78, 5) is 4.86. The Labute approximate surface area is 142 Å². The van der Waals surface area contributed by atoms with Crippen molar-refractivity contribution in [2.75, 3.05) is 44.6 Å². The summed E-state index contributed by atoms with van der Waals surface area (Å²) in [5, 5.41) is 21.6. The van der Waals surface area contributed by atoms with E-state index in [1.165, 1.54) is 6.42 Å². The standard InChI is InChI=1S/C16H26ClN5O/c1-12-9-15(19-20-16(12)17)18-13-3-2-5-21(10-13)7-8-22-6-4-14(23)11-22/h9,13-14,23H,2-8,10-11H2,1H3,(H,18,19)/t13-,14?/m1/s1. The molecule has 0 amide bonds. The first-order valence-corrected chi connectivity index (χ1v) is 8.87. The van der Waals surface area contributed by atoms with Gasteiger partial charge in [-0.25, -0.2) is 0 Å². The van der Waals surface area contributed by atoms with E-state index in [9.17, 15) is 5.11 Å². The van der Waals surface area contributed by atoms with E-state index in [0.717, 1.165) is 63.5 Å². The number of nitrogens with zero attached hydrogens (tertiary/aromatic N) is 4. The van der Waals surface area contributed by atoms with Gasteiger partial charge in [-0.3, -0.25) is 4.90 Å². The van der Waals surface area contributed by atoms with Gasteiger partial charge in [0.1, 0.15) is 5.82 Å². The third kappa shape index (κ3) is 4.76. The first-order chi connectivity index (χ1) is 11.1. The number of hydrogen-bond donors (Lipinski definition) is 2. The molecule has 2 fully saturated rings. The summed E-state index contributed by atoms with van der Waals surface area (Å²) in [6.07, 6.45) is 3.14. The van der Waals surface area contributed by atoms with Gasteiger partial charge in [0, 0.05) is 38.8 Å². The molecule has 0 aliphatic carbocycles. The first kappa shape index (κ1) is 16.9. The lowest BCUT2D eigenvalue weighted by molar-refractivity contribution is 0.158. The van der Waals surface area contributed by atoms with Crippen molar-refractivity contribution < 1.29 is 5.11 Å². The number of rotatable bonds is 5. The number of piperidine rings is 1. The number of anilines is 1. The molecule has 3 heterocycles. The number of aryl methyl sites for hydroxylation is 1. The number of β-amino-alcohol motifs (C(OH)–C–C–N with tert-alkyl or cyclic N) is 1. The van der Waals surface area contributed by atoms with Crippen LogP contribution in [0.3, 0.4) is 0 Å². The zero-order chi connectivity index (χ0) is 16.2. The molecule has 23 heavy (non-hydrogen) atoms. The quantitative estimate of drug-likeness (QED) is 0.845. The summed E-state index contributed by atoms with van der Waals surface area (Å²) in [5.41, 5.74) is 0.949. The van der Waals surface area contributed by atoms with Crippen molar-refractivity contribution in [3.63, 3.8) is 0 Å². The van der Waals surface area contributed by atoms with Gasteiger partial charge >= 0.3 is 0 Å². The highest BCUT2D eigenvalue weighted by molar-refractivity contribution is 6.30. The number of aromatic nitrogens is 2. The number of likely N-dealkylation sites (tertiary alicyclic amines) is 2. The molecule has 0 saturated carbocycles. The minimum absolute atomic E-state index is 0.127. The third-order valence-corrected chi connectivity index (χ3v) is 5.14. The van der Waals surface area contributed by atoms with Gasteiger partial charge in [-0.2, -0.15) is 0 Å². The predicted octanol–water partition coefficient (Wildman–Crippen LogP) is 1.38. The number of nitrogens with one attached hydrogen (secondary N) is 1. The lowest BCUT2D eigenvalue weighted by atomic mass is 10.1. The van der Waals surface area contributed by atoms with Gasteiger partial charge in [-0.15, -0.1) is 10.2 Å². The molecule has 2 aliphatic rings. The highest BCUT2D eigenvalue weighted by Crippen LogP contribution is 2.18. The van der Waals surface area contributed by atoms with Crippen LogP contribution < -0.4 is 5.32 Å². The van der Waals surface area contributed by atoms with Crippen molar-refractivity contribution >= 4 is 17.4 Å². The topological polar surface area (TPSA) is 64.5 Å². The minimum Gasteiger partial charge on any atom is -0.392 e. The second-order valence-electron chi connectivity index (χ2n) is 6.73. The van der Waals surface area contributed by atoms with Gasteiger partial charge in [0.2, 0.25) is 0 Å². The van der Waals surface area contributed by atoms with E-state index in [2.05, 4.69) is 25.3 Å². The van der Waals surface area contributed by atoms with Crippen LogP contribution in [0.25, 0.3) is 0 Å². The molecule has 0 bridgehead atoms. The van der Waals surface area contributed by atoms with E-state index in [1.54, 1.807) is 0 Å². The van der Waals surface area contributed by atoms with Crippen molar-refractivity contribution in [2.45, 2.75) is 38.3 Å². The van der Waals surface area contributed by atoms with Gasteiger partial charge in [0.25, 0.3) is 0 Å². The normalized spacial score (nSPS) is 26.6. The van der Waals surface area contributed by atoms with E-state index >= 15 is 0 Å². The van der Waals surface area contributed by atoms with E-state index in [1.807, 2.05) is 13.0 Å². The number of halogens is 1. The Kier molecular flexibility index (Phi) is 5.69. The zero-order valence-corrected chi connectivity index (χ0v) is 14.5. The summed E-state index contributed by atoms with van der Waals surface area (Å²) < 4.78 is 0. The average molecular weight is 340 g/mol. The molecule has 2 aliphatic heterocycles. The molecule has 3 rings (SSSR count). The summed E-state index contributed by atoms with van der Waals surface area (Å²) >= 11 is 5.93. The second-order valence-corrected chi connectivity index (χ2v) is 7.09. The maximum atomic E-state index is 9.60. The second kappa shape index (κ2) is 7.75. The van der Waals surface area contributed by atoms with Crippen LogP contribution in [0.2, 0.25) is 5.15 Å². The molecular formula is C16H26ClN5O. The van der Waals surface area contributed by atoms with Crippen LogP contribution in [0.4, 0.5) is 5.82 Å². The SMILES string of the molecule is Cc1cc(N[C@@H]2CCCN(CCN3CCC(O)C3)C2)nnc1Cl. The van der Waals surface area contributed by atoms with E-state index in [4.69, 9.17) is 11.6 Å². The molecule has 1 unspecified atom stereocenters. The zero-order valence-electron chi connectivity index (χ0n) is 13.7. The minimum atomic E-state index is -0.127. The molecule has 2 saturated heterocycles. The van der Waals surface area contributed by atoms with Crippen LogP contribution in [0.1, 0.15) is 24.8 Å². The lowest BCUT2D eigenvalue weighted by Gasteiger charge is -2.34. The summed E-state index contributed by atoms with van der Waals surface area (Å²) in [5.74, 6) is 0.807. The Morgan fingerprint density at radius 2 is 2.00 bits per heavy atom. The van der Waals surface area contributed by atoms with Gasteiger partial charge < -0.3 is 15.3 Å². The lowest BCUT2D eigenvalue weighted by Crippen LogP contribution is -2.45. The molecule has 1 aromatic heterocycles. The molecular weight excluding hydrogens is 314 g/mol. The van der Waals surface area contributed by atoms with E-state index < -0.39 is 0 Å². The van der Waals surface area contributed by atoms with Crippen LogP contribution in [-0.4, -0.2) is 76.5 Å². The molecule has 0 spiro atoms.